The van der Waals surface area contributed by atoms with E-state index in [1.54, 1.807) is 0 Å². The van der Waals surface area contributed by atoms with Crippen molar-refractivity contribution in [2.24, 2.45) is 0 Å². The molecule has 0 atom stereocenters. The Balaban J connectivity index is 1.77. The molecule has 116 valence electrons. The molecule has 1 aliphatic carbocycles. The van der Waals surface area contributed by atoms with Crippen LogP contribution in [0, 0.1) is 11.6 Å². The van der Waals surface area contributed by atoms with Crippen LogP contribution < -0.4 is 10.6 Å². The molecule has 0 aliphatic heterocycles. The molecule has 5 heteroatoms. The van der Waals surface area contributed by atoms with Gasteiger partial charge in [-0.2, -0.15) is 0 Å². The first kappa shape index (κ1) is 15.9. The zero-order chi connectivity index (χ0) is 15.1. The maximum atomic E-state index is 13.1. The molecule has 3 nitrogen and oxygen atoms in total. The summed E-state index contributed by atoms with van der Waals surface area (Å²) in [6.45, 7) is 0.323. The van der Waals surface area contributed by atoms with Crippen molar-refractivity contribution >= 4 is 11.6 Å². The third kappa shape index (κ3) is 5.42. The second-order valence-electron chi connectivity index (χ2n) is 5.72. The van der Waals surface area contributed by atoms with E-state index >= 15 is 0 Å². The Morgan fingerprint density at radius 1 is 1.10 bits per heavy atom. The van der Waals surface area contributed by atoms with Gasteiger partial charge in [-0.05, 0) is 37.8 Å². The van der Waals surface area contributed by atoms with Gasteiger partial charge in [-0.3, -0.25) is 4.79 Å². The highest BCUT2D eigenvalue weighted by Crippen LogP contribution is 2.15. The van der Waals surface area contributed by atoms with Crippen LogP contribution in [-0.2, 0) is 4.79 Å². The summed E-state index contributed by atoms with van der Waals surface area (Å²) in [7, 11) is 0. The van der Waals surface area contributed by atoms with Gasteiger partial charge in [-0.15, -0.1) is 0 Å². The fourth-order valence-corrected chi connectivity index (χ4v) is 2.78. The molecular formula is C16H23F2N2O+. The Bertz CT molecular complexity index is 471. The van der Waals surface area contributed by atoms with E-state index in [1.807, 2.05) is 0 Å². The zero-order valence-electron chi connectivity index (χ0n) is 12.2. The predicted molar refractivity (Wildman–Crippen MR) is 77.9 cm³/mol. The van der Waals surface area contributed by atoms with E-state index in [1.165, 1.54) is 38.2 Å². The van der Waals surface area contributed by atoms with Gasteiger partial charge in [0.05, 0.1) is 6.04 Å². The van der Waals surface area contributed by atoms with Crippen molar-refractivity contribution in [3.8, 4) is 0 Å². The van der Waals surface area contributed by atoms with Crippen LogP contribution in [0.5, 0.6) is 0 Å². The second-order valence-corrected chi connectivity index (χ2v) is 5.72. The van der Waals surface area contributed by atoms with Crippen LogP contribution in [0.15, 0.2) is 18.2 Å². The number of halogens is 2. The maximum Gasteiger partial charge on any atom is 0.279 e. The highest BCUT2D eigenvalue weighted by Gasteiger charge is 2.16. The summed E-state index contributed by atoms with van der Waals surface area (Å²) in [5.74, 6) is -2.03. The SMILES string of the molecule is O=C(C[NH2+]C1CCCCCCC1)Nc1ccc(F)c(F)c1. The molecule has 0 saturated heterocycles. The smallest absolute Gasteiger partial charge is 0.279 e. The van der Waals surface area contributed by atoms with Gasteiger partial charge >= 0.3 is 0 Å². The molecule has 0 bridgehead atoms. The Morgan fingerprint density at radius 2 is 1.76 bits per heavy atom. The van der Waals surface area contributed by atoms with Crippen molar-refractivity contribution in [2.75, 3.05) is 11.9 Å². The van der Waals surface area contributed by atoms with E-state index in [0.29, 0.717) is 18.3 Å². The lowest BCUT2D eigenvalue weighted by Crippen LogP contribution is -2.91. The summed E-state index contributed by atoms with van der Waals surface area (Å²) in [6.07, 6.45) is 8.65. The van der Waals surface area contributed by atoms with E-state index in [-0.39, 0.29) is 5.91 Å². The number of quaternary nitrogens is 1. The monoisotopic (exact) mass is 297 g/mol. The van der Waals surface area contributed by atoms with Crippen molar-refractivity contribution in [1.29, 1.82) is 0 Å². The molecule has 1 amide bonds. The molecule has 1 saturated carbocycles. The minimum atomic E-state index is -0.947. The van der Waals surface area contributed by atoms with E-state index < -0.39 is 11.6 Å². The van der Waals surface area contributed by atoms with E-state index in [0.717, 1.165) is 25.0 Å². The van der Waals surface area contributed by atoms with Crippen LogP contribution in [0.2, 0.25) is 0 Å². The number of hydrogen-bond donors (Lipinski definition) is 2. The first-order valence-electron chi connectivity index (χ1n) is 7.73. The minimum Gasteiger partial charge on any atom is -0.336 e. The Labute approximate surface area is 124 Å². The average Bonchev–Trinajstić information content (AvgIpc) is 2.42. The van der Waals surface area contributed by atoms with Crippen LogP contribution in [-0.4, -0.2) is 18.5 Å². The first-order valence-corrected chi connectivity index (χ1v) is 7.73. The van der Waals surface area contributed by atoms with Crippen LogP contribution >= 0.6 is 0 Å². The molecule has 2 rings (SSSR count). The number of benzene rings is 1. The number of nitrogens with two attached hydrogens (primary N) is 1. The predicted octanol–water partition coefficient (Wildman–Crippen LogP) is 2.58. The molecule has 1 aromatic rings. The first-order chi connectivity index (χ1) is 10.1. The number of rotatable bonds is 4. The van der Waals surface area contributed by atoms with Gasteiger partial charge in [0, 0.05) is 11.8 Å². The van der Waals surface area contributed by atoms with E-state index in [9.17, 15) is 13.6 Å². The average molecular weight is 297 g/mol. The highest BCUT2D eigenvalue weighted by atomic mass is 19.2. The van der Waals surface area contributed by atoms with Gasteiger partial charge in [0.15, 0.2) is 18.2 Å². The molecule has 1 aromatic carbocycles. The number of amides is 1. The number of carbonyl (C=O) groups is 1. The molecule has 1 aliphatic rings. The van der Waals surface area contributed by atoms with Gasteiger partial charge in [0.1, 0.15) is 0 Å². The fourth-order valence-electron chi connectivity index (χ4n) is 2.78. The van der Waals surface area contributed by atoms with Crippen LogP contribution in [0.1, 0.15) is 44.9 Å². The van der Waals surface area contributed by atoms with Crippen LogP contribution in [0.3, 0.4) is 0 Å². The van der Waals surface area contributed by atoms with Gasteiger partial charge in [-0.25, -0.2) is 8.78 Å². The molecule has 21 heavy (non-hydrogen) atoms. The number of anilines is 1. The molecule has 0 aromatic heterocycles. The highest BCUT2D eigenvalue weighted by molar-refractivity contribution is 5.91. The summed E-state index contributed by atoms with van der Waals surface area (Å²) in [4.78, 5) is 11.8. The summed E-state index contributed by atoms with van der Waals surface area (Å²) >= 11 is 0. The summed E-state index contributed by atoms with van der Waals surface area (Å²) in [5.41, 5.74) is 0.296. The largest absolute Gasteiger partial charge is 0.336 e. The molecule has 3 N–H and O–H groups in total. The van der Waals surface area contributed by atoms with Crippen molar-refractivity contribution in [3.63, 3.8) is 0 Å². The lowest BCUT2D eigenvalue weighted by Gasteiger charge is -2.18. The Hall–Kier alpha value is -1.49. The van der Waals surface area contributed by atoms with Gasteiger partial charge < -0.3 is 10.6 Å². The third-order valence-corrected chi connectivity index (χ3v) is 3.99. The molecule has 0 heterocycles. The van der Waals surface area contributed by atoms with E-state index in [4.69, 9.17) is 0 Å². The molecule has 0 spiro atoms. The van der Waals surface area contributed by atoms with Gasteiger partial charge in [-0.1, -0.05) is 19.3 Å². The van der Waals surface area contributed by atoms with Crippen LogP contribution in [0.25, 0.3) is 0 Å². The Kier molecular flexibility index (Phi) is 6.11. The van der Waals surface area contributed by atoms with Gasteiger partial charge in [0.2, 0.25) is 0 Å². The molecule has 0 unspecified atom stereocenters. The van der Waals surface area contributed by atoms with Crippen molar-refractivity contribution in [3.05, 3.63) is 29.8 Å². The quantitative estimate of drug-likeness (QED) is 0.881. The Morgan fingerprint density at radius 3 is 2.43 bits per heavy atom. The molecule has 0 radical (unpaired) electrons. The maximum absolute atomic E-state index is 13.1. The number of carbonyl (C=O) groups excluding carboxylic acids is 1. The second kappa shape index (κ2) is 8.08. The minimum absolute atomic E-state index is 0.178. The van der Waals surface area contributed by atoms with Crippen LogP contribution in [0.4, 0.5) is 14.5 Å². The van der Waals surface area contributed by atoms with E-state index in [2.05, 4.69) is 10.6 Å². The van der Waals surface area contributed by atoms with Gasteiger partial charge in [0.25, 0.3) is 5.91 Å². The molecule has 1 fully saturated rings. The topological polar surface area (TPSA) is 45.7 Å². The summed E-state index contributed by atoms with van der Waals surface area (Å²) in [6, 6.07) is 3.89. The lowest BCUT2D eigenvalue weighted by atomic mass is 9.97. The normalized spacial score (nSPS) is 17.0. The van der Waals surface area contributed by atoms with Crippen molar-refractivity contribution in [2.45, 2.75) is 51.0 Å². The lowest BCUT2D eigenvalue weighted by molar-refractivity contribution is -0.680. The standard InChI is InChI=1S/C16H22F2N2O/c17-14-9-8-13(10-15(14)18)20-16(21)11-19-12-6-4-2-1-3-5-7-12/h8-10,12,19H,1-7,11H2,(H,20,21)/p+1. The molecular weight excluding hydrogens is 274 g/mol. The zero-order valence-corrected chi connectivity index (χ0v) is 12.2. The summed E-state index contributed by atoms with van der Waals surface area (Å²) in [5, 5.41) is 4.67. The number of hydrogen-bond acceptors (Lipinski definition) is 1. The van der Waals surface area contributed by atoms with Crippen molar-refractivity contribution < 1.29 is 18.9 Å². The summed E-state index contributed by atoms with van der Waals surface area (Å²) < 4.78 is 25.9. The fraction of sp³-hybridized carbons (Fsp3) is 0.562. The van der Waals surface area contributed by atoms with Crippen molar-refractivity contribution in [1.82, 2.24) is 0 Å². The number of nitrogens with one attached hydrogen (secondary N) is 1. The third-order valence-electron chi connectivity index (χ3n) is 3.99.